The van der Waals surface area contributed by atoms with Crippen LogP contribution in [0, 0.1) is 28.6 Å². The fourth-order valence-corrected chi connectivity index (χ4v) is 9.36. The summed E-state index contributed by atoms with van der Waals surface area (Å²) in [6.07, 6.45) is 5.48. The van der Waals surface area contributed by atoms with Crippen LogP contribution in [0.1, 0.15) is 61.7 Å². The monoisotopic (exact) mass is 600 g/mol. The summed E-state index contributed by atoms with van der Waals surface area (Å²) in [7, 11) is 0. The van der Waals surface area contributed by atoms with Gasteiger partial charge in [0.15, 0.2) is 23.5 Å². The van der Waals surface area contributed by atoms with E-state index in [1.54, 1.807) is 48.6 Å². The van der Waals surface area contributed by atoms with E-state index >= 15 is 0 Å². The number of ketones is 2. The number of fused-ring (bicyclic) bond motifs is 7. The highest BCUT2D eigenvalue weighted by Crippen LogP contribution is 2.70. The lowest BCUT2D eigenvalue weighted by Crippen LogP contribution is -2.63. The summed E-state index contributed by atoms with van der Waals surface area (Å²) in [5, 5.41) is 31.2. The highest BCUT2D eigenvalue weighted by molar-refractivity contribution is 6.01. The molecule has 9 atom stereocenters. The molecule has 1 heterocycles. The molecule has 0 amide bonds. The predicted molar refractivity (Wildman–Crippen MR) is 157 cm³/mol. The number of rotatable bonds is 6. The van der Waals surface area contributed by atoms with Crippen molar-refractivity contribution in [1.82, 2.24) is 0 Å². The molecule has 230 valence electrons. The van der Waals surface area contributed by atoms with Gasteiger partial charge in [0.2, 0.25) is 0 Å². The number of aliphatic hydroxyl groups excluding tert-OH is 2. The largest absolute Gasteiger partial charge is 0.478 e. The van der Waals surface area contributed by atoms with Crippen molar-refractivity contribution in [2.24, 2.45) is 28.6 Å². The molecular weight excluding hydrogens is 564 g/mol. The van der Waals surface area contributed by atoms with Crippen LogP contribution >= 0.6 is 0 Å². The Hall–Kier alpha value is -3.63. The van der Waals surface area contributed by atoms with Gasteiger partial charge in [0.1, 0.15) is 18.1 Å². The van der Waals surface area contributed by atoms with Crippen LogP contribution in [0.15, 0.2) is 72.3 Å². The third-order valence-electron chi connectivity index (χ3n) is 11.3. The zero-order chi connectivity index (χ0) is 31.0. The Morgan fingerprint density at radius 1 is 1.09 bits per heavy atom. The second kappa shape index (κ2) is 10.2. The van der Waals surface area contributed by atoms with Gasteiger partial charge in [0.25, 0.3) is 0 Å². The van der Waals surface area contributed by atoms with Crippen molar-refractivity contribution >= 4 is 17.5 Å². The van der Waals surface area contributed by atoms with Crippen LogP contribution in [0.5, 0.6) is 11.5 Å². The Balaban J connectivity index is 1.16. The minimum Gasteiger partial charge on any atom is -0.478 e. The molecule has 3 N–H and O–H groups in total. The zero-order valence-corrected chi connectivity index (χ0v) is 24.6. The number of carboxylic acids is 1. The molecule has 9 nitrogen and oxygen atoms in total. The van der Waals surface area contributed by atoms with Crippen molar-refractivity contribution in [3.05, 3.63) is 83.5 Å². The van der Waals surface area contributed by atoms with E-state index in [2.05, 4.69) is 6.92 Å². The summed E-state index contributed by atoms with van der Waals surface area (Å²) in [6.45, 7) is 3.41. The van der Waals surface area contributed by atoms with Crippen molar-refractivity contribution in [1.29, 1.82) is 0 Å². The average Bonchev–Trinajstić information content (AvgIpc) is 3.50. The number of benzene rings is 2. The number of carbonyl (C=O) groups is 3. The van der Waals surface area contributed by atoms with Gasteiger partial charge in [-0.1, -0.05) is 43.7 Å². The number of hydrogen-bond donors (Lipinski definition) is 3. The van der Waals surface area contributed by atoms with Crippen molar-refractivity contribution in [3.8, 4) is 11.5 Å². The maximum Gasteiger partial charge on any atom is 0.335 e. The zero-order valence-electron chi connectivity index (χ0n) is 24.6. The van der Waals surface area contributed by atoms with Crippen LogP contribution in [0.2, 0.25) is 0 Å². The number of allylic oxidation sites excluding steroid dienone is 4. The van der Waals surface area contributed by atoms with E-state index in [9.17, 15) is 29.7 Å². The van der Waals surface area contributed by atoms with Gasteiger partial charge >= 0.3 is 5.97 Å². The third-order valence-corrected chi connectivity index (χ3v) is 11.3. The lowest BCUT2D eigenvalue weighted by atomic mass is 9.46. The Morgan fingerprint density at radius 3 is 2.59 bits per heavy atom. The number of aromatic carboxylic acids is 1. The normalized spacial score (nSPS) is 38.6. The third kappa shape index (κ3) is 4.10. The van der Waals surface area contributed by atoms with Crippen molar-refractivity contribution in [3.63, 3.8) is 0 Å². The van der Waals surface area contributed by atoms with E-state index in [1.165, 1.54) is 12.1 Å². The molecule has 0 bridgehead atoms. The molecule has 9 heteroatoms. The van der Waals surface area contributed by atoms with Crippen LogP contribution in [-0.4, -0.2) is 57.3 Å². The number of hydrogen-bond acceptors (Lipinski definition) is 8. The van der Waals surface area contributed by atoms with E-state index in [-0.39, 0.29) is 29.1 Å². The summed E-state index contributed by atoms with van der Waals surface area (Å²) >= 11 is 0. The second-order valence-electron chi connectivity index (χ2n) is 13.3. The van der Waals surface area contributed by atoms with Crippen molar-refractivity contribution < 1.29 is 43.9 Å². The standard InChI is InChI=1S/C35H36O9/c1-33-13-12-22(37)15-21(33)8-11-25-26-16-29-35(28(39)18-36,34(26,2)17-27(38)30(25)33)44-32(43-29)19-6-9-23(10-7-19)42-24-5-3-4-20(14-24)31(40)41/h3-7,9-10,12-15,25-27,29-30,32,36,38H,8,11,16-18H2,1-2H3,(H,40,41)/t25-,26-,27-,29+,30+,32-,33-,34-,35+/m0/s1. The fraction of sp³-hybridized carbons (Fsp3) is 0.457. The first-order valence-corrected chi connectivity index (χ1v) is 15.2. The first-order valence-electron chi connectivity index (χ1n) is 15.2. The summed E-state index contributed by atoms with van der Waals surface area (Å²) in [5.74, 6) is -0.643. The topological polar surface area (TPSA) is 140 Å². The molecule has 3 saturated carbocycles. The average molecular weight is 601 g/mol. The maximum absolute atomic E-state index is 13.7. The number of ether oxygens (including phenoxy) is 3. The molecular formula is C35H36O9. The summed E-state index contributed by atoms with van der Waals surface area (Å²) < 4.78 is 19.0. The molecule has 4 aliphatic carbocycles. The van der Waals surface area contributed by atoms with Crippen LogP contribution in [0.25, 0.3) is 0 Å². The van der Waals surface area contributed by atoms with E-state index in [0.29, 0.717) is 29.9 Å². The lowest BCUT2D eigenvalue weighted by molar-refractivity contribution is -0.201. The van der Waals surface area contributed by atoms with Gasteiger partial charge in [0, 0.05) is 22.3 Å². The SMILES string of the molecule is C[C@]12C=CC(=O)C=C1CC[C@@H]1[C@@H]2[C@@H](O)C[C@@]2(C)[C@H]1C[C@H]1O[C@H](c3ccc(Oc4cccc(C(=O)O)c4)cc3)O[C@]12C(=O)CO. The molecule has 0 unspecified atom stereocenters. The molecule has 2 aromatic rings. The molecule has 0 radical (unpaired) electrons. The number of aliphatic hydroxyl groups is 2. The quantitative estimate of drug-likeness (QED) is 0.427. The summed E-state index contributed by atoms with van der Waals surface area (Å²) in [5.41, 5.74) is -0.799. The highest BCUT2D eigenvalue weighted by atomic mass is 16.7. The Kier molecular flexibility index (Phi) is 6.75. The molecule has 4 fully saturated rings. The first kappa shape index (κ1) is 29.1. The first-order chi connectivity index (χ1) is 21.0. The van der Waals surface area contributed by atoms with Gasteiger partial charge in [-0.15, -0.1) is 0 Å². The minimum absolute atomic E-state index is 0.0131. The molecule has 5 aliphatic rings. The van der Waals surface area contributed by atoms with Gasteiger partial charge < -0.3 is 29.5 Å². The lowest BCUT2D eigenvalue weighted by Gasteiger charge is -2.59. The molecule has 1 aliphatic heterocycles. The molecule has 44 heavy (non-hydrogen) atoms. The van der Waals surface area contributed by atoms with Gasteiger partial charge in [-0.25, -0.2) is 4.79 Å². The Bertz CT molecular complexity index is 1590. The van der Waals surface area contributed by atoms with Crippen molar-refractivity contribution in [2.45, 2.75) is 63.6 Å². The molecule has 0 spiro atoms. The minimum atomic E-state index is -1.43. The smallest absolute Gasteiger partial charge is 0.335 e. The van der Waals surface area contributed by atoms with E-state index in [0.717, 1.165) is 18.4 Å². The fourth-order valence-electron chi connectivity index (χ4n) is 9.36. The van der Waals surface area contributed by atoms with Crippen molar-refractivity contribution in [2.75, 3.05) is 6.61 Å². The molecule has 7 rings (SSSR count). The molecule has 2 aromatic carbocycles. The van der Waals surface area contributed by atoms with E-state index in [4.69, 9.17) is 14.2 Å². The Morgan fingerprint density at radius 2 is 1.86 bits per heavy atom. The van der Waals surface area contributed by atoms with Gasteiger partial charge in [-0.2, -0.15) is 0 Å². The van der Waals surface area contributed by atoms with E-state index < -0.39 is 53.3 Å². The molecule has 1 saturated heterocycles. The van der Waals surface area contributed by atoms with Gasteiger partial charge in [0.05, 0.1) is 17.8 Å². The van der Waals surface area contributed by atoms with Crippen LogP contribution in [0.4, 0.5) is 0 Å². The van der Waals surface area contributed by atoms with Gasteiger partial charge in [-0.05, 0) is 80.0 Å². The summed E-state index contributed by atoms with van der Waals surface area (Å²) in [6, 6.07) is 13.2. The highest BCUT2D eigenvalue weighted by Gasteiger charge is 2.75. The van der Waals surface area contributed by atoms with Gasteiger partial charge in [-0.3, -0.25) is 9.59 Å². The predicted octanol–water partition coefficient (Wildman–Crippen LogP) is 4.78. The number of carboxylic acid groups (broad SMARTS) is 1. The van der Waals surface area contributed by atoms with Crippen LogP contribution in [0.3, 0.4) is 0 Å². The Labute approximate surface area is 255 Å². The summed E-state index contributed by atoms with van der Waals surface area (Å²) in [4.78, 5) is 37.2. The molecule has 0 aromatic heterocycles. The van der Waals surface area contributed by atoms with Crippen LogP contribution in [-0.2, 0) is 19.1 Å². The van der Waals surface area contributed by atoms with Crippen LogP contribution < -0.4 is 4.74 Å². The number of Topliss-reactive ketones (excluding diaryl/α,β-unsaturated/α-hetero) is 1. The van der Waals surface area contributed by atoms with E-state index in [1.807, 2.05) is 13.0 Å². The maximum atomic E-state index is 13.7. The second-order valence-corrected chi connectivity index (χ2v) is 13.3. The number of carbonyl (C=O) groups excluding carboxylic acids is 2.